The van der Waals surface area contributed by atoms with Crippen LogP contribution in [0.15, 0.2) is 41.3 Å². The van der Waals surface area contributed by atoms with Crippen molar-refractivity contribution < 1.29 is 27.4 Å². The summed E-state index contributed by atoms with van der Waals surface area (Å²) in [4.78, 5) is 13.0. The summed E-state index contributed by atoms with van der Waals surface area (Å²) in [6, 6.07) is 10.1. The van der Waals surface area contributed by atoms with Crippen LogP contribution < -0.4 is 19.5 Å². The van der Waals surface area contributed by atoms with E-state index >= 15 is 0 Å². The molecule has 1 aliphatic heterocycles. The average Bonchev–Trinajstić information content (AvgIpc) is 2.79. The maximum Gasteiger partial charge on any atom is 0.246 e. The van der Waals surface area contributed by atoms with Gasteiger partial charge in [0.25, 0.3) is 0 Å². The third kappa shape index (κ3) is 4.94. The van der Waals surface area contributed by atoms with Crippen molar-refractivity contribution in [2.24, 2.45) is 5.92 Å². The van der Waals surface area contributed by atoms with Gasteiger partial charge in [-0.2, -0.15) is 4.31 Å². The van der Waals surface area contributed by atoms with E-state index in [0.29, 0.717) is 42.3 Å². The first-order chi connectivity index (χ1) is 14.8. The van der Waals surface area contributed by atoms with Gasteiger partial charge in [-0.15, -0.1) is 0 Å². The Morgan fingerprint density at radius 2 is 1.68 bits per heavy atom. The smallest absolute Gasteiger partial charge is 0.246 e. The zero-order valence-electron chi connectivity index (χ0n) is 18.2. The highest BCUT2D eigenvalue weighted by Gasteiger charge is 2.35. The average molecular weight is 449 g/mol. The highest BCUT2D eigenvalue weighted by atomic mass is 32.2. The third-order valence-corrected chi connectivity index (χ3v) is 7.23. The van der Waals surface area contributed by atoms with Crippen LogP contribution in [0.4, 0.5) is 5.69 Å². The van der Waals surface area contributed by atoms with Crippen molar-refractivity contribution in [3.05, 3.63) is 42.0 Å². The number of aryl methyl sites for hydroxylation is 1. The molecule has 1 amide bonds. The number of ether oxygens (including phenoxy) is 3. The maximum atomic E-state index is 13.3. The number of rotatable bonds is 7. The Hall–Kier alpha value is -2.78. The van der Waals surface area contributed by atoms with Gasteiger partial charge in [-0.1, -0.05) is 6.07 Å². The fourth-order valence-corrected chi connectivity index (χ4v) is 5.42. The van der Waals surface area contributed by atoms with Gasteiger partial charge in [0, 0.05) is 24.8 Å². The molecular formula is C22H28N2O6S. The molecule has 9 heteroatoms. The fourth-order valence-electron chi connectivity index (χ4n) is 3.66. The minimum Gasteiger partial charge on any atom is -0.495 e. The number of amides is 1. The number of piperidine rings is 1. The molecule has 0 bridgehead atoms. The van der Waals surface area contributed by atoms with Crippen molar-refractivity contribution in [2.75, 3.05) is 39.7 Å². The van der Waals surface area contributed by atoms with Gasteiger partial charge >= 0.3 is 0 Å². The van der Waals surface area contributed by atoms with E-state index in [0.717, 1.165) is 5.56 Å². The zero-order valence-corrected chi connectivity index (χ0v) is 19.0. The lowest BCUT2D eigenvalue weighted by Crippen LogP contribution is -2.43. The Kier molecular flexibility index (Phi) is 7.07. The third-order valence-electron chi connectivity index (χ3n) is 5.34. The summed E-state index contributed by atoms with van der Waals surface area (Å²) in [5.41, 5.74) is 1.38. The molecule has 0 unspecified atom stereocenters. The van der Waals surface area contributed by atoms with Gasteiger partial charge in [0.2, 0.25) is 15.9 Å². The van der Waals surface area contributed by atoms with Crippen molar-refractivity contribution in [3.63, 3.8) is 0 Å². The van der Waals surface area contributed by atoms with Crippen molar-refractivity contribution in [1.29, 1.82) is 0 Å². The second kappa shape index (κ2) is 9.57. The molecule has 0 aromatic heterocycles. The summed E-state index contributed by atoms with van der Waals surface area (Å²) >= 11 is 0. The van der Waals surface area contributed by atoms with Crippen LogP contribution in [0.3, 0.4) is 0 Å². The molecule has 3 rings (SSSR count). The molecule has 1 fully saturated rings. The number of sulfonamides is 1. The number of hydrogen-bond acceptors (Lipinski definition) is 6. The molecule has 0 saturated carbocycles. The molecule has 1 N–H and O–H groups in total. The van der Waals surface area contributed by atoms with E-state index in [4.69, 9.17) is 14.2 Å². The number of nitrogens with one attached hydrogen (secondary N) is 1. The quantitative estimate of drug-likeness (QED) is 0.700. The predicted octanol–water partition coefficient (Wildman–Crippen LogP) is 3.06. The van der Waals surface area contributed by atoms with Crippen LogP contribution in [0.2, 0.25) is 0 Å². The first-order valence-electron chi connectivity index (χ1n) is 9.97. The number of carbonyl (C=O) groups excluding carboxylic acids is 1. The van der Waals surface area contributed by atoms with Gasteiger partial charge < -0.3 is 19.5 Å². The first-order valence-corrected chi connectivity index (χ1v) is 11.4. The predicted molar refractivity (Wildman–Crippen MR) is 117 cm³/mol. The number of anilines is 1. The van der Waals surface area contributed by atoms with Crippen LogP contribution in [0, 0.1) is 12.8 Å². The zero-order chi connectivity index (χ0) is 22.6. The number of benzene rings is 2. The summed E-state index contributed by atoms with van der Waals surface area (Å²) in [5, 5.41) is 2.86. The summed E-state index contributed by atoms with van der Waals surface area (Å²) in [7, 11) is 0.708. The number of hydrogen-bond donors (Lipinski definition) is 1. The number of nitrogens with zero attached hydrogens (tertiary/aromatic N) is 1. The summed E-state index contributed by atoms with van der Waals surface area (Å²) in [6.45, 7) is 2.30. The van der Waals surface area contributed by atoms with Crippen LogP contribution in [-0.2, 0) is 14.8 Å². The van der Waals surface area contributed by atoms with Crippen LogP contribution >= 0.6 is 0 Å². The molecule has 1 atom stereocenters. The molecule has 168 valence electrons. The maximum absolute atomic E-state index is 13.3. The molecule has 8 nitrogen and oxygen atoms in total. The SMILES string of the molecule is COc1ccc(NC(=O)[C@@H]2CCCN(S(=O)(=O)c3cc(C)ccc3OC)C2)cc1OC. The van der Waals surface area contributed by atoms with E-state index in [9.17, 15) is 13.2 Å². The summed E-state index contributed by atoms with van der Waals surface area (Å²) < 4.78 is 43.7. The fraction of sp³-hybridized carbons (Fsp3) is 0.409. The van der Waals surface area contributed by atoms with Gasteiger partial charge in [0.1, 0.15) is 10.6 Å². The molecular weight excluding hydrogens is 420 g/mol. The second-order valence-electron chi connectivity index (χ2n) is 7.42. The molecule has 1 saturated heterocycles. The molecule has 1 heterocycles. The van der Waals surface area contributed by atoms with Gasteiger partial charge in [0.05, 0.1) is 27.2 Å². The number of methoxy groups -OCH3 is 3. The normalized spacial score (nSPS) is 17.1. The molecule has 0 aliphatic carbocycles. The Morgan fingerprint density at radius 3 is 2.35 bits per heavy atom. The lowest BCUT2D eigenvalue weighted by molar-refractivity contribution is -0.120. The minimum atomic E-state index is -3.79. The van der Waals surface area contributed by atoms with E-state index in [1.807, 2.05) is 6.92 Å². The van der Waals surface area contributed by atoms with E-state index < -0.39 is 15.9 Å². The van der Waals surface area contributed by atoms with Crippen LogP contribution in [-0.4, -0.2) is 53.0 Å². The molecule has 2 aromatic carbocycles. The van der Waals surface area contributed by atoms with Crippen molar-refractivity contribution in [1.82, 2.24) is 4.31 Å². The van der Waals surface area contributed by atoms with Crippen molar-refractivity contribution in [2.45, 2.75) is 24.7 Å². The number of carbonyl (C=O) groups is 1. The van der Waals surface area contributed by atoms with E-state index in [-0.39, 0.29) is 17.3 Å². The van der Waals surface area contributed by atoms with E-state index in [1.165, 1.54) is 25.6 Å². The Bertz CT molecular complexity index is 1050. The molecule has 2 aromatic rings. The molecule has 31 heavy (non-hydrogen) atoms. The molecule has 0 radical (unpaired) electrons. The highest BCUT2D eigenvalue weighted by Crippen LogP contribution is 2.32. The van der Waals surface area contributed by atoms with Crippen LogP contribution in [0.1, 0.15) is 18.4 Å². The Balaban J connectivity index is 1.77. The minimum absolute atomic E-state index is 0.110. The van der Waals surface area contributed by atoms with E-state index in [1.54, 1.807) is 36.4 Å². The van der Waals surface area contributed by atoms with E-state index in [2.05, 4.69) is 5.32 Å². The second-order valence-corrected chi connectivity index (χ2v) is 9.32. The highest BCUT2D eigenvalue weighted by molar-refractivity contribution is 7.89. The topological polar surface area (TPSA) is 94.2 Å². The van der Waals surface area contributed by atoms with Gasteiger partial charge in [-0.25, -0.2) is 8.42 Å². The van der Waals surface area contributed by atoms with Crippen LogP contribution in [0.5, 0.6) is 17.2 Å². The lowest BCUT2D eigenvalue weighted by atomic mass is 9.98. The van der Waals surface area contributed by atoms with Gasteiger partial charge in [-0.05, 0) is 49.6 Å². The van der Waals surface area contributed by atoms with Gasteiger partial charge in [-0.3, -0.25) is 4.79 Å². The van der Waals surface area contributed by atoms with Crippen molar-refractivity contribution >= 4 is 21.6 Å². The monoisotopic (exact) mass is 448 g/mol. The summed E-state index contributed by atoms with van der Waals surface area (Å²) in [5.74, 6) is 0.653. The lowest BCUT2D eigenvalue weighted by Gasteiger charge is -2.31. The largest absolute Gasteiger partial charge is 0.495 e. The van der Waals surface area contributed by atoms with Crippen LogP contribution in [0.25, 0.3) is 0 Å². The van der Waals surface area contributed by atoms with Gasteiger partial charge in [0.15, 0.2) is 11.5 Å². The van der Waals surface area contributed by atoms with Crippen molar-refractivity contribution in [3.8, 4) is 17.2 Å². The Morgan fingerprint density at radius 1 is 1.00 bits per heavy atom. The molecule has 0 spiro atoms. The summed E-state index contributed by atoms with van der Waals surface area (Å²) in [6.07, 6.45) is 1.20. The molecule has 1 aliphatic rings. The standard InChI is InChI=1S/C22H28N2O6S/c1-15-7-9-19(29-3)21(12-15)31(26,27)24-11-5-6-16(14-24)22(25)23-17-8-10-18(28-2)20(13-17)30-4/h7-10,12-13,16H,5-6,11,14H2,1-4H3,(H,23,25)/t16-/m1/s1. The Labute approximate surface area is 183 Å². The first kappa shape index (κ1) is 22.9.